The third-order valence-corrected chi connectivity index (χ3v) is 6.91. The molecule has 0 fully saturated rings. The summed E-state index contributed by atoms with van der Waals surface area (Å²) in [4.78, 5) is 24.9. The van der Waals surface area contributed by atoms with E-state index in [4.69, 9.17) is 9.47 Å². The van der Waals surface area contributed by atoms with Crippen LogP contribution in [0.25, 0.3) is 10.9 Å². The van der Waals surface area contributed by atoms with Crippen LogP contribution in [0.4, 0.5) is 5.69 Å². The Balaban J connectivity index is 1.49. The van der Waals surface area contributed by atoms with Crippen LogP contribution in [-0.2, 0) is 21.5 Å². The van der Waals surface area contributed by atoms with Crippen molar-refractivity contribution < 1.29 is 22.7 Å². The number of carbonyl (C=O) groups is 1. The van der Waals surface area contributed by atoms with E-state index in [2.05, 4.69) is 10.3 Å². The molecule has 11 heteroatoms. The zero-order chi connectivity index (χ0) is 24.3. The van der Waals surface area contributed by atoms with Crippen molar-refractivity contribution in [1.82, 2.24) is 15.0 Å². The topological polar surface area (TPSA) is 121 Å². The summed E-state index contributed by atoms with van der Waals surface area (Å²) < 4.78 is 38.5. The van der Waals surface area contributed by atoms with Gasteiger partial charge in [-0.3, -0.25) is 9.10 Å². The molecular weight excluding hydrogens is 460 g/mol. The minimum Gasteiger partial charge on any atom is -0.495 e. The van der Waals surface area contributed by atoms with E-state index in [0.29, 0.717) is 22.3 Å². The van der Waals surface area contributed by atoms with Gasteiger partial charge >= 0.3 is 5.97 Å². The first-order valence-electron chi connectivity index (χ1n) is 10.0. The molecule has 0 aliphatic carbocycles. The van der Waals surface area contributed by atoms with Crippen LogP contribution in [0.15, 0.2) is 82.5 Å². The minimum absolute atomic E-state index is 0.0194. The van der Waals surface area contributed by atoms with Gasteiger partial charge in [0.05, 0.1) is 28.6 Å². The van der Waals surface area contributed by atoms with Gasteiger partial charge in [0.15, 0.2) is 6.73 Å². The molecule has 0 saturated heterocycles. The Bertz CT molecular complexity index is 1520. The number of sulfonamides is 1. The standard InChI is InChI=1S/C23H20N4O6S/c1-26(20-9-5-6-10-21(20)32-2)34(30,31)17-13-11-16(12-14-17)23(29)33-15-27-22(28)18-7-3-4-8-19(18)24-25-27/h3-14H,15H2,1-2H3. The molecule has 1 aromatic heterocycles. The molecule has 0 amide bonds. The van der Waals surface area contributed by atoms with Crippen LogP contribution in [0.5, 0.6) is 5.75 Å². The van der Waals surface area contributed by atoms with Gasteiger partial charge in [-0.25, -0.2) is 13.2 Å². The van der Waals surface area contributed by atoms with Crippen molar-refractivity contribution in [3.63, 3.8) is 0 Å². The van der Waals surface area contributed by atoms with Crippen molar-refractivity contribution in [3.05, 3.63) is 88.7 Å². The number of fused-ring (bicyclic) bond motifs is 1. The predicted octanol–water partition coefficient (Wildman–Crippen LogP) is 2.44. The van der Waals surface area contributed by atoms with Crippen molar-refractivity contribution in [3.8, 4) is 5.75 Å². The second-order valence-corrected chi connectivity index (χ2v) is 9.11. The molecule has 174 valence electrons. The number of nitrogens with zero attached hydrogens (tertiary/aromatic N) is 4. The number of anilines is 1. The maximum atomic E-state index is 13.0. The summed E-state index contributed by atoms with van der Waals surface area (Å²) in [6, 6.07) is 18.7. The zero-order valence-corrected chi connectivity index (χ0v) is 19.1. The Labute approximate surface area is 195 Å². The van der Waals surface area contributed by atoms with Crippen molar-refractivity contribution >= 4 is 32.6 Å². The number of methoxy groups -OCH3 is 1. The number of aromatic nitrogens is 3. The summed E-state index contributed by atoms with van der Waals surface area (Å²) in [7, 11) is -1.04. The lowest BCUT2D eigenvalue weighted by Crippen LogP contribution is -2.27. The molecule has 4 rings (SSSR count). The highest BCUT2D eigenvalue weighted by molar-refractivity contribution is 7.92. The van der Waals surface area contributed by atoms with E-state index in [1.54, 1.807) is 48.5 Å². The Hall–Kier alpha value is -4.25. The average Bonchev–Trinajstić information content (AvgIpc) is 2.87. The van der Waals surface area contributed by atoms with E-state index in [1.165, 1.54) is 38.4 Å². The van der Waals surface area contributed by atoms with Gasteiger partial charge in [-0.2, -0.15) is 4.68 Å². The van der Waals surface area contributed by atoms with E-state index >= 15 is 0 Å². The maximum absolute atomic E-state index is 13.0. The number of esters is 1. The summed E-state index contributed by atoms with van der Waals surface area (Å²) in [6.45, 7) is -0.438. The SMILES string of the molecule is COc1ccccc1N(C)S(=O)(=O)c1ccc(C(=O)OCn2nnc3ccccc3c2=O)cc1. The first-order chi connectivity index (χ1) is 16.3. The fourth-order valence-electron chi connectivity index (χ4n) is 3.25. The van der Waals surface area contributed by atoms with E-state index in [-0.39, 0.29) is 10.5 Å². The third-order valence-electron chi connectivity index (χ3n) is 5.12. The van der Waals surface area contributed by atoms with Gasteiger partial charge in [-0.05, 0) is 48.5 Å². The lowest BCUT2D eigenvalue weighted by atomic mass is 10.2. The Morgan fingerprint density at radius 2 is 1.68 bits per heavy atom. The normalized spacial score (nSPS) is 11.2. The second-order valence-electron chi connectivity index (χ2n) is 7.14. The molecule has 0 radical (unpaired) electrons. The van der Waals surface area contributed by atoms with Crippen molar-refractivity contribution in [1.29, 1.82) is 0 Å². The maximum Gasteiger partial charge on any atom is 0.339 e. The third kappa shape index (κ3) is 4.33. The lowest BCUT2D eigenvalue weighted by molar-refractivity contribution is 0.0336. The van der Waals surface area contributed by atoms with E-state index < -0.39 is 28.3 Å². The summed E-state index contributed by atoms with van der Waals surface area (Å²) in [5.74, 6) is -0.343. The molecule has 0 bridgehead atoms. The van der Waals surface area contributed by atoms with Crippen LogP contribution in [-0.4, -0.2) is 43.5 Å². The van der Waals surface area contributed by atoms with Gasteiger partial charge in [0.1, 0.15) is 11.3 Å². The quantitative estimate of drug-likeness (QED) is 0.370. The fraction of sp³-hybridized carbons (Fsp3) is 0.130. The molecular formula is C23H20N4O6S. The van der Waals surface area contributed by atoms with Gasteiger partial charge < -0.3 is 9.47 Å². The number of para-hydroxylation sites is 2. The Morgan fingerprint density at radius 1 is 1.00 bits per heavy atom. The summed E-state index contributed by atoms with van der Waals surface area (Å²) in [6.07, 6.45) is 0. The van der Waals surface area contributed by atoms with E-state index in [0.717, 1.165) is 8.99 Å². The van der Waals surface area contributed by atoms with Gasteiger partial charge in [0.2, 0.25) is 0 Å². The van der Waals surface area contributed by atoms with Gasteiger partial charge in [-0.15, -0.1) is 5.10 Å². The summed E-state index contributed by atoms with van der Waals surface area (Å²) in [5, 5.41) is 8.04. The highest BCUT2D eigenvalue weighted by Gasteiger charge is 2.24. The van der Waals surface area contributed by atoms with Crippen LogP contribution in [0, 0.1) is 0 Å². The Morgan fingerprint density at radius 3 is 2.41 bits per heavy atom. The number of rotatable bonds is 7. The first-order valence-corrected chi connectivity index (χ1v) is 11.5. The predicted molar refractivity (Wildman–Crippen MR) is 124 cm³/mol. The molecule has 0 atom stereocenters. The largest absolute Gasteiger partial charge is 0.495 e. The summed E-state index contributed by atoms with van der Waals surface area (Å²) in [5.41, 5.74) is 0.472. The van der Waals surface area contributed by atoms with Crippen molar-refractivity contribution in [2.24, 2.45) is 0 Å². The molecule has 34 heavy (non-hydrogen) atoms. The molecule has 0 N–H and O–H groups in total. The van der Waals surface area contributed by atoms with Crippen LogP contribution in [0.1, 0.15) is 10.4 Å². The van der Waals surface area contributed by atoms with Crippen LogP contribution in [0.2, 0.25) is 0 Å². The molecule has 0 saturated carbocycles. The van der Waals surface area contributed by atoms with Gasteiger partial charge in [0.25, 0.3) is 15.6 Å². The molecule has 0 spiro atoms. The average molecular weight is 481 g/mol. The minimum atomic E-state index is -3.91. The number of benzene rings is 3. The van der Waals surface area contributed by atoms with Crippen LogP contribution < -0.4 is 14.6 Å². The fourth-order valence-corrected chi connectivity index (χ4v) is 4.46. The number of hydrogen-bond donors (Lipinski definition) is 0. The van der Waals surface area contributed by atoms with Crippen LogP contribution in [0.3, 0.4) is 0 Å². The van der Waals surface area contributed by atoms with Crippen molar-refractivity contribution in [2.75, 3.05) is 18.5 Å². The molecule has 4 aromatic rings. The highest BCUT2D eigenvalue weighted by Crippen LogP contribution is 2.30. The molecule has 10 nitrogen and oxygen atoms in total. The van der Waals surface area contributed by atoms with E-state index in [1.807, 2.05) is 0 Å². The zero-order valence-electron chi connectivity index (χ0n) is 18.3. The van der Waals surface area contributed by atoms with Crippen molar-refractivity contribution in [2.45, 2.75) is 11.6 Å². The van der Waals surface area contributed by atoms with Gasteiger partial charge in [-0.1, -0.05) is 29.5 Å². The van der Waals surface area contributed by atoms with E-state index in [9.17, 15) is 18.0 Å². The van der Waals surface area contributed by atoms with Crippen LogP contribution >= 0.6 is 0 Å². The molecule has 0 aliphatic heterocycles. The smallest absolute Gasteiger partial charge is 0.339 e. The number of hydrogen-bond acceptors (Lipinski definition) is 8. The second kappa shape index (κ2) is 9.32. The highest BCUT2D eigenvalue weighted by atomic mass is 32.2. The Kier molecular flexibility index (Phi) is 6.28. The summed E-state index contributed by atoms with van der Waals surface area (Å²) >= 11 is 0. The van der Waals surface area contributed by atoms with Gasteiger partial charge in [0, 0.05) is 7.05 Å². The molecule has 0 aliphatic rings. The number of ether oxygens (including phenoxy) is 2. The lowest BCUT2D eigenvalue weighted by Gasteiger charge is -2.21. The molecule has 1 heterocycles. The molecule has 0 unspecified atom stereocenters. The molecule has 3 aromatic carbocycles. The monoisotopic (exact) mass is 480 g/mol. The number of carbonyl (C=O) groups excluding carboxylic acids is 1. The first kappa shape index (κ1) is 22.9.